The van der Waals surface area contributed by atoms with E-state index in [1.165, 1.54) is 0 Å². The Bertz CT molecular complexity index is 197. The highest BCUT2D eigenvalue weighted by Gasteiger charge is 1.99. The van der Waals surface area contributed by atoms with Gasteiger partial charge >= 0.3 is 0 Å². The summed E-state index contributed by atoms with van der Waals surface area (Å²) in [7, 11) is 0. The molecular formula is C10H18NO2-. The molecule has 0 aromatic heterocycles. The van der Waals surface area contributed by atoms with Gasteiger partial charge < -0.3 is 15.2 Å². The van der Waals surface area contributed by atoms with Crippen LogP contribution in [0.3, 0.4) is 0 Å². The van der Waals surface area contributed by atoms with E-state index in [9.17, 15) is 9.90 Å². The highest BCUT2D eigenvalue weighted by Crippen LogP contribution is 2.04. The molecule has 0 spiro atoms. The van der Waals surface area contributed by atoms with Crippen LogP contribution >= 0.6 is 0 Å². The maximum atomic E-state index is 10.5. The lowest BCUT2D eigenvalue weighted by atomic mass is 10.2. The Morgan fingerprint density at radius 3 is 2.38 bits per heavy atom. The average Bonchev–Trinajstić information content (AvgIpc) is 2.11. The fourth-order valence-corrected chi connectivity index (χ4v) is 1.06. The van der Waals surface area contributed by atoms with Crippen molar-refractivity contribution in [3.63, 3.8) is 0 Å². The van der Waals surface area contributed by atoms with Crippen LogP contribution in [0.4, 0.5) is 0 Å². The Hall–Kier alpha value is -0.990. The van der Waals surface area contributed by atoms with Crippen LogP contribution in [-0.2, 0) is 4.79 Å². The summed E-state index contributed by atoms with van der Waals surface area (Å²) < 4.78 is 0. The Labute approximate surface area is 79.8 Å². The molecule has 3 heteroatoms. The third-order valence-corrected chi connectivity index (χ3v) is 1.98. The van der Waals surface area contributed by atoms with Crippen LogP contribution < -0.4 is 10.4 Å². The Morgan fingerprint density at radius 1 is 1.38 bits per heavy atom. The maximum Gasteiger partial charge on any atom is 0.0689 e. The number of allylic oxidation sites excluding steroid dienone is 1. The molecule has 0 atom stereocenters. The zero-order valence-corrected chi connectivity index (χ0v) is 8.64. The van der Waals surface area contributed by atoms with Gasteiger partial charge in [-0.25, -0.2) is 0 Å². The van der Waals surface area contributed by atoms with Crippen molar-refractivity contribution in [1.82, 2.24) is 5.32 Å². The van der Waals surface area contributed by atoms with Gasteiger partial charge in [0.15, 0.2) is 0 Å². The summed E-state index contributed by atoms with van der Waals surface area (Å²) in [5, 5.41) is 13.6. The fourth-order valence-electron chi connectivity index (χ4n) is 1.06. The summed E-state index contributed by atoms with van der Waals surface area (Å²) >= 11 is 0. The van der Waals surface area contributed by atoms with Crippen LogP contribution in [0.1, 0.15) is 40.0 Å². The van der Waals surface area contributed by atoms with Crippen LogP contribution in [0.15, 0.2) is 11.3 Å². The zero-order chi connectivity index (χ0) is 10.3. The Morgan fingerprint density at radius 2 is 2.00 bits per heavy atom. The molecule has 3 nitrogen and oxygen atoms in total. The van der Waals surface area contributed by atoms with E-state index in [4.69, 9.17) is 0 Å². The van der Waals surface area contributed by atoms with E-state index in [1.807, 2.05) is 6.92 Å². The minimum Gasteiger partial charge on any atom is -0.545 e. The molecule has 0 rings (SSSR count). The van der Waals surface area contributed by atoms with Gasteiger partial charge in [-0.3, -0.25) is 0 Å². The predicted molar refractivity (Wildman–Crippen MR) is 50.9 cm³/mol. The minimum atomic E-state index is -1.08. The van der Waals surface area contributed by atoms with Gasteiger partial charge in [0, 0.05) is 12.2 Å². The number of carboxylic acids is 1. The van der Waals surface area contributed by atoms with E-state index in [2.05, 4.69) is 12.2 Å². The lowest BCUT2D eigenvalue weighted by Gasteiger charge is -2.13. The van der Waals surface area contributed by atoms with Crippen molar-refractivity contribution in [2.45, 2.75) is 40.0 Å². The molecule has 0 aliphatic heterocycles. The first-order valence-corrected chi connectivity index (χ1v) is 4.78. The third-order valence-electron chi connectivity index (χ3n) is 1.98. The van der Waals surface area contributed by atoms with Gasteiger partial charge in [0.05, 0.1) is 5.97 Å². The van der Waals surface area contributed by atoms with Crippen LogP contribution in [0.2, 0.25) is 0 Å². The molecule has 0 heterocycles. The number of carboxylic acid groups (broad SMARTS) is 1. The molecule has 0 saturated carbocycles. The summed E-state index contributed by atoms with van der Waals surface area (Å²) in [6.45, 7) is 6.45. The lowest BCUT2D eigenvalue weighted by Crippen LogP contribution is -2.27. The molecule has 0 amide bonds. The number of nitrogens with one attached hydrogen (secondary N) is 1. The van der Waals surface area contributed by atoms with Gasteiger partial charge in [-0.2, -0.15) is 0 Å². The number of carbonyl (C=O) groups is 1. The molecule has 76 valence electrons. The lowest BCUT2D eigenvalue weighted by molar-refractivity contribution is -0.299. The summed E-state index contributed by atoms with van der Waals surface area (Å²) in [5.74, 6) is -1.08. The standard InChI is InChI=1S/C10H19NO2/c1-4-6-7-11-9(5-2)8(3)10(12)13/h11H,4-7H2,1-3H3,(H,12,13)/p-1/b9-8+. The third kappa shape index (κ3) is 4.55. The first-order valence-electron chi connectivity index (χ1n) is 4.78. The van der Waals surface area contributed by atoms with E-state index >= 15 is 0 Å². The van der Waals surface area contributed by atoms with E-state index in [1.54, 1.807) is 6.92 Å². The van der Waals surface area contributed by atoms with E-state index in [-0.39, 0.29) is 0 Å². The normalized spacial score (nSPS) is 12.2. The first-order chi connectivity index (χ1) is 6.13. The molecule has 0 radical (unpaired) electrons. The van der Waals surface area contributed by atoms with Crippen LogP contribution in [-0.4, -0.2) is 12.5 Å². The molecular weight excluding hydrogens is 166 g/mol. The molecule has 0 aromatic rings. The number of hydrogen-bond acceptors (Lipinski definition) is 3. The largest absolute Gasteiger partial charge is 0.545 e. The van der Waals surface area contributed by atoms with E-state index in [0.717, 1.165) is 25.1 Å². The van der Waals surface area contributed by atoms with Crippen LogP contribution in [0, 0.1) is 0 Å². The number of rotatable bonds is 6. The van der Waals surface area contributed by atoms with Crippen molar-refractivity contribution in [3.05, 3.63) is 11.3 Å². The van der Waals surface area contributed by atoms with Crippen molar-refractivity contribution in [3.8, 4) is 0 Å². The number of unbranched alkanes of at least 4 members (excludes halogenated alkanes) is 1. The van der Waals surface area contributed by atoms with Gasteiger partial charge in [-0.15, -0.1) is 0 Å². The van der Waals surface area contributed by atoms with Gasteiger partial charge in [-0.1, -0.05) is 20.3 Å². The molecule has 0 fully saturated rings. The van der Waals surface area contributed by atoms with Crippen LogP contribution in [0.5, 0.6) is 0 Å². The highest BCUT2D eigenvalue weighted by molar-refractivity contribution is 5.84. The second-order valence-electron chi connectivity index (χ2n) is 3.02. The summed E-state index contributed by atoms with van der Waals surface area (Å²) in [4.78, 5) is 10.5. The summed E-state index contributed by atoms with van der Waals surface area (Å²) in [6, 6.07) is 0. The Kier molecular flexibility index (Phi) is 6.02. The number of carbonyl (C=O) groups excluding carboxylic acids is 1. The number of aliphatic carboxylic acids is 1. The SMILES string of the molecule is CCCCN/C(CC)=C(\C)C(=O)[O-]. The van der Waals surface area contributed by atoms with Crippen LogP contribution in [0.25, 0.3) is 0 Å². The second kappa shape index (κ2) is 6.52. The smallest absolute Gasteiger partial charge is 0.0689 e. The molecule has 0 unspecified atom stereocenters. The zero-order valence-electron chi connectivity index (χ0n) is 8.64. The van der Waals surface area contributed by atoms with Crippen molar-refractivity contribution in [2.24, 2.45) is 0 Å². The Balaban J connectivity index is 4.15. The van der Waals surface area contributed by atoms with Gasteiger partial charge in [0.1, 0.15) is 0 Å². The summed E-state index contributed by atoms with van der Waals surface area (Å²) in [6.07, 6.45) is 2.88. The molecule has 0 bridgehead atoms. The van der Waals surface area contributed by atoms with Gasteiger partial charge in [-0.05, 0) is 25.3 Å². The van der Waals surface area contributed by atoms with Gasteiger partial charge in [0.25, 0.3) is 0 Å². The number of hydrogen-bond donors (Lipinski definition) is 1. The van der Waals surface area contributed by atoms with Gasteiger partial charge in [0.2, 0.25) is 0 Å². The van der Waals surface area contributed by atoms with E-state index < -0.39 is 5.97 Å². The van der Waals surface area contributed by atoms with Crippen molar-refractivity contribution in [1.29, 1.82) is 0 Å². The quantitative estimate of drug-likeness (QED) is 0.491. The second-order valence-corrected chi connectivity index (χ2v) is 3.02. The maximum absolute atomic E-state index is 10.5. The predicted octanol–water partition coefficient (Wildman–Crippen LogP) is 0.810. The first kappa shape index (κ1) is 12.0. The molecule has 0 aliphatic carbocycles. The van der Waals surface area contributed by atoms with E-state index in [0.29, 0.717) is 12.0 Å². The average molecular weight is 184 g/mol. The minimum absolute atomic E-state index is 0.318. The van der Waals surface area contributed by atoms with Crippen molar-refractivity contribution < 1.29 is 9.90 Å². The molecule has 0 aromatic carbocycles. The molecule has 0 aliphatic rings. The molecule has 1 N–H and O–H groups in total. The summed E-state index contributed by atoms with van der Waals surface area (Å²) in [5.41, 5.74) is 1.10. The topological polar surface area (TPSA) is 52.2 Å². The molecule has 13 heavy (non-hydrogen) atoms. The van der Waals surface area contributed by atoms with Crippen molar-refractivity contribution >= 4 is 5.97 Å². The molecule has 0 saturated heterocycles. The fraction of sp³-hybridized carbons (Fsp3) is 0.700. The highest BCUT2D eigenvalue weighted by atomic mass is 16.4. The monoisotopic (exact) mass is 184 g/mol. The van der Waals surface area contributed by atoms with Crippen molar-refractivity contribution in [2.75, 3.05) is 6.54 Å².